The van der Waals surface area contributed by atoms with Gasteiger partial charge in [0, 0.05) is 0 Å². The van der Waals surface area contributed by atoms with Crippen LogP contribution in [0, 0.1) is 5.92 Å². The van der Waals surface area contributed by atoms with Crippen LogP contribution in [-0.4, -0.2) is 58.5 Å². The Bertz CT molecular complexity index is 1230. The predicted octanol–water partition coefficient (Wildman–Crippen LogP) is 2.14. The summed E-state index contributed by atoms with van der Waals surface area (Å²) in [5.41, 5.74) is 3.40. The van der Waals surface area contributed by atoms with Gasteiger partial charge in [0.2, 0.25) is 0 Å². The number of phenols is 1. The van der Waals surface area contributed by atoms with E-state index in [-0.39, 0.29) is 46.0 Å². The van der Waals surface area contributed by atoms with Crippen LogP contribution in [0.1, 0.15) is 31.9 Å². The maximum Gasteiger partial charge on any atom is 0.418 e. The van der Waals surface area contributed by atoms with Crippen LogP contribution in [0.15, 0.2) is 30.3 Å². The van der Waals surface area contributed by atoms with Crippen LogP contribution in [0.4, 0.5) is 24.5 Å². The van der Waals surface area contributed by atoms with E-state index >= 15 is 0 Å². The standard InChI is InChI=1S/C15H17ClF3NO4.C8H10AsNO5/c1-3-23-13(21)9(14(22)24-4-2)5-8-6-10(15(17,18)19)12(20)11(16)7-8;1-5(11)10-8-6(9(13,14)15)3-2-4-7(8)12/h6-7,9H,3-5,20H2,1-2H3;2-4,12H,1H3,(H,10,11)(H2,13,14,15). The number of aromatic hydroxyl groups is 1. The molecule has 2 rings (SSSR count). The number of benzene rings is 2. The molecule has 11 nitrogen and oxygen atoms in total. The molecule has 0 aliphatic carbocycles. The molecular weight excluding hydrogens is 616 g/mol. The Balaban J connectivity index is 0.000000434. The monoisotopic (exact) mass is 642 g/mol. The van der Waals surface area contributed by atoms with E-state index in [9.17, 15) is 36.4 Å². The average Bonchev–Trinajstić information content (AvgIpc) is 2.79. The van der Waals surface area contributed by atoms with E-state index in [1.807, 2.05) is 0 Å². The number of esters is 2. The summed E-state index contributed by atoms with van der Waals surface area (Å²) in [5, 5.41) is 11.2. The van der Waals surface area contributed by atoms with Crippen LogP contribution in [0.25, 0.3) is 0 Å². The van der Waals surface area contributed by atoms with Gasteiger partial charge >= 0.3 is 106 Å². The minimum Gasteiger partial charge on any atom is -0.465 e. The first-order chi connectivity index (χ1) is 17.9. The molecule has 0 atom stereocenters. The number of phenolic OH excluding ortho intramolecular Hbond substituents is 1. The number of ether oxygens (including phenoxy) is 2. The molecule has 6 N–H and O–H groups in total. The maximum atomic E-state index is 13.0. The summed E-state index contributed by atoms with van der Waals surface area (Å²) in [5.74, 6) is -4.02. The summed E-state index contributed by atoms with van der Waals surface area (Å²) in [6.07, 6.45) is -5.06. The topological polar surface area (TPSA) is 185 Å². The van der Waals surface area contributed by atoms with Gasteiger partial charge in [-0.15, -0.1) is 0 Å². The maximum absolute atomic E-state index is 13.0. The van der Waals surface area contributed by atoms with Crippen LogP contribution >= 0.6 is 11.6 Å². The van der Waals surface area contributed by atoms with Crippen LogP contribution in [-0.2, 0) is 40.2 Å². The van der Waals surface area contributed by atoms with Gasteiger partial charge in [-0.2, -0.15) is 13.2 Å². The van der Waals surface area contributed by atoms with E-state index in [1.54, 1.807) is 13.8 Å². The third-order valence-corrected chi connectivity index (χ3v) is 7.12. The zero-order chi connectivity index (χ0) is 30.1. The van der Waals surface area contributed by atoms with Gasteiger partial charge < -0.3 is 15.2 Å². The van der Waals surface area contributed by atoms with Gasteiger partial charge in [-0.25, -0.2) is 0 Å². The third-order valence-electron chi connectivity index (χ3n) is 4.71. The van der Waals surface area contributed by atoms with Crippen molar-refractivity contribution in [2.75, 3.05) is 24.3 Å². The van der Waals surface area contributed by atoms with Gasteiger partial charge in [0.05, 0.1) is 29.5 Å². The molecule has 0 fully saturated rings. The molecule has 16 heteroatoms. The number of nitrogens with two attached hydrogens (primary N) is 1. The zero-order valence-electron chi connectivity index (χ0n) is 20.9. The van der Waals surface area contributed by atoms with Gasteiger partial charge in [0.1, 0.15) is 0 Å². The van der Waals surface area contributed by atoms with Gasteiger partial charge in [-0.05, 0) is 38.0 Å². The second-order valence-corrected chi connectivity index (χ2v) is 11.4. The molecule has 216 valence electrons. The quantitative estimate of drug-likeness (QED) is 0.0939. The summed E-state index contributed by atoms with van der Waals surface area (Å²) >= 11 is 0.591. The fourth-order valence-corrected chi connectivity index (χ4v) is 4.88. The Morgan fingerprint density at radius 3 is 2.08 bits per heavy atom. The van der Waals surface area contributed by atoms with Gasteiger partial charge in [-0.1, -0.05) is 11.6 Å². The van der Waals surface area contributed by atoms with Gasteiger partial charge in [0.15, 0.2) is 5.92 Å². The number of anilines is 2. The smallest absolute Gasteiger partial charge is 0.418 e. The fraction of sp³-hybridized carbons (Fsp3) is 0.348. The van der Waals surface area contributed by atoms with Crippen LogP contribution < -0.4 is 15.4 Å². The Hall–Kier alpha value is -3.19. The van der Waals surface area contributed by atoms with E-state index in [0.717, 1.165) is 6.07 Å². The van der Waals surface area contributed by atoms with E-state index in [0.29, 0.717) is 0 Å². The number of amides is 1. The first-order valence-electron chi connectivity index (χ1n) is 11.1. The zero-order valence-corrected chi connectivity index (χ0v) is 23.5. The number of nitrogen functional groups attached to an aromatic ring is 1. The Kier molecular flexibility index (Phi) is 12.4. The number of carbonyl (C=O) groups excluding carboxylic acids is 3. The van der Waals surface area contributed by atoms with Crippen molar-refractivity contribution in [3.8, 4) is 5.75 Å². The molecule has 0 radical (unpaired) electrons. The second-order valence-electron chi connectivity index (χ2n) is 7.69. The Morgan fingerprint density at radius 1 is 1.10 bits per heavy atom. The van der Waals surface area contributed by atoms with E-state index in [4.69, 9.17) is 35.0 Å². The van der Waals surface area contributed by atoms with E-state index in [1.165, 1.54) is 31.2 Å². The normalized spacial score (nSPS) is 11.3. The number of alkyl halides is 3. The molecule has 2 aromatic rings. The van der Waals surface area contributed by atoms with E-state index < -0.39 is 55.4 Å². The molecule has 0 saturated heterocycles. The second kappa shape index (κ2) is 14.3. The molecule has 1 amide bonds. The number of hydrogen-bond donors (Lipinski definition) is 5. The Labute approximate surface area is 229 Å². The molecule has 0 spiro atoms. The molecule has 0 aromatic heterocycles. The number of carbonyl (C=O) groups is 3. The molecule has 0 unspecified atom stereocenters. The molecule has 2 aromatic carbocycles. The van der Waals surface area contributed by atoms with Crippen molar-refractivity contribution in [3.05, 3.63) is 46.5 Å². The molecule has 0 saturated carbocycles. The number of hydrogen-bond acceptors (Lipinski definition) is 8. The molecule has 0 aliphatic rings. The first-order valence-corrected chi connectivity index (χ1v) is 14.8. The van der Waals surface area contributed by atoms with Crippen molar-refractivity contribution >= 4 is 59.3 Å². The van der Waals surface area contributed by atoms with Crippen molar-refractivity contribution in [2.24, 2.45) is 5.92 Å². The van der Waals surface area contributed by atoms with Crippen LogP contribution in [0.5, 0.6) is 5.75 Å². The molecule has 0 aliphatic heterocycles. The van der Waals surface area contributed by atoms with Crippen molar-refractivity contribution in [2.45, 2.75) is 33.4 Å². The number of nitrogens with one attached hydrogen (secondary N) is 1. The van der Waals surface area contributed by atoms with Crippen molar-refractivity contribution in [1.29, 1.82) is 0 Å². The fourth-order valence-electron chi connectivity index (χ4n) is 3.09. The largest absolute Gasteiger partial charge is 0.465 e. The summed E-state index contributed by atoms with van der Waals surface area (Å²) < 4.78 is 77.3. The Morgan fingerprint density at radius 2 is 1.64 bits per heavy atom. The van der Waals surface area contributed by atoms with Gasteiger partial charge in [-0.3, -0.25) is 9.59 Å². The predicted molar refractivity (Wildman–Crippen MR) is 134 cm³/mol. The summed E-state index contributed by atoms with van der Waals surface area (Å²) in [6, 6.07) is 5.64. The van der Waals surface area contributed by atoms with Crippen molar-refractivity contribution in [3.63, 3.8) is 0 Å². The minimum atomic E-state index is -5.14. The number of rotatable bonds is 8. The van der Waals surface area contributed by atoms with Crippen LogP contribution in [0.2, 0.25) is 5.02 Å². The molecule has 0 heterocycles. The molecule has 0 bridgehead atoms. The molecular formula is C23H27AsClF3N2O9. The summed E-state index contributed by atoms with van der Waals surface area (Å²) in [6.45, 7) is 4.31. The SMILES string of the molecule is CC(=O)Nc1c(O)cccc1[As](=O)(O)O.CCOC(=O)C(Cc1cc(Cl)c(N)c(C(F)(F)F)c1)C(=O)OCC. The minimum absolute atomic E-state index is 0.0189. The number of halogens is 4. The third kappa shape index (κ3) is 10.1. The van der Waals surface area contributed by atoms with E-state index in [2.05, 4.69) is 5.32 Å². The average molecular weight is 643 g/mol. The summed E-state index contributed by atoms with van der Waals surface area (Å²) in [4.78, 5) is 34.6. The van der Waals surface area contributed by atoms with Crippen molar-refractivity contribution in [1.82, 2.24) is 0 Å². The van der Waals surface area contributed by atoms with Gasteiger partial charge in [0.25, 0.3) is 0 Å². The molecule has 39 heavy (non-hydrogen) atoms. The summed E-state index contributed by atoms with van der Waals surface area (Å²) in [7, 11) is 0. The number of para-hydroxylation sites is 1. The first kappa shape index (κ1) is 33.8. The van der Waals surface area contributed by atoms with Crippen LogP contribution in [0.3, 0.4) is 0 Å². The van der Waals surface area contributed by atoms with Crippen molar-refractivity contribution < 1.29 is 54.1 Å².